The van der Waals surface area contributed by atoms with E-state index in [1.54, 1.807) is 11.8 Å². The molecule has 0 radical (unpaired) electrons. The first kappa shape index (κ1) is 19.6. The molecule has 0 saturated carbocycles. The maximum Gasteiger partial charge on any atom is 0.317 e. The lowest BCUT2D eigenvalue weighted by atomic mass is 10.1. The average Bonchev–Trinajstić information content (AvgIpc) is 2.62. The molecule has 1 aromatic heterocycles. The molecule has 0 spiro atoms. The molecule has 1 fully saturated rings. The number of aryl methyl sites for hydroxylation is 2. The van der Waals surface area contributed by atoms with Gasteiger partial charge in [0.15, 0.2) is 0 Å². The molecule has 2 heterocycles. The van der Waals surface area contributed by atoms with Crippen molar-refractivity contribution in [2.24, 2.45) is 0 Å². The highest BCUT2D eigenvalue weighted by Crippen LogP contribution is 2.11. The summed E-state index contributed by atoms with van der Waals surface area (Å²) in [5.74, 6) is 0.469. The van der Waals surface area contributed by atoms with Gasteiger partial charge in [0.05, 0.1) is 0 Å². The SMILES string of the molecule is Cc1cccc(CN2CCN(C(=O)NCCc3nc(C)cc(=O)[nH]3)CC2=O)c1. The Morgan fingerprint density at radius 2 is 2.04 bits per heavy atom. The first-order valence-electron chi connectivity index (χ1n) is 9.33. The number of aromatic nitrogens is 2. The smallest absolute Gasteiger partial charge is 0.317 e. The van der Waals surface area contributed by atoms with Crippen LogP contribution in [0.25, 0.3) is 0 Å². The van der Waals surface area contributed by atoms with Gasteiger partial charge in [-0.05, 0) is 19.4 Å². The van der Waals surface area contributed by atoms with Crippen LogP contribution >= 0.6 is 0 Å². The summed E-state index contributed by atoms with van der Waals surface area (Å²) in [6.45, 7) is 5.73. The molecule has 28 heavy (non-hydrogen) atoms. The van der Waals surface area contributed by atoms with Crippen molar-refractivity contribution in [2.75, 3.05) is 26.2 Å². The van der Waals surface area contributed by atoms with Crippen molar-refractivity contribution in [1.29, 1.82) is 0 Å². The van der Waals surface area contributed by atoms with Gasteiger partial charge in [-0.1, -0.05) is 29.8 Å². The first-order valence-corrected chi connectivity index (χ1v) is 9.33. The van der Waals surface area contributed by atoms with Gasteiger partial charge in [-0.3, -0.25) is 9.59 Å². The lowest BCUT2D eigenvalue weighted by Gasteiger charge is -2.34. The van der Waals surface area contributed by atoms with Crippen LogP contribution in [0.15, 0.2) is 35.1 Å². The molecular weight excluding hydrogens is 358 g/mol. The summed E-state index contributed by atoms with van der Waals surface area (Å²) in [7, 11) is 0. The van der Waals surface area contributed by atoms with Crippen LogP contribution in [0.1, 0.15) is 22.6 Å². The van der Waals surface area contributed by atoms with E-state index in [2.05, 4.69) is 21.4 Å². The molecule has 0 aliphatic carbocycles. The Morgan fingerprint density at radius 1 is 1.21 bits per heavy atom. The quantitative estimate of drug-likeness (QED) is 0.804. The van der Waals surface area contributed by atoms with Crippen LogP contribution in [0.4, 0.5) is 4.79 Å². The minimum Gasteiger partial charge on any atom is -0.338 e. The predicted octanol–water partition coefficient (Wildman–Crippen LogP) is 0.983. The van der Waals surface area contributed by atoms with Crippen molar-refractivity contribution in [1.82, 2.24) is 25.1 Å². The van der Waals surface area contributed by atoms with E-state index >= 15 is 0 Å². The van der Waals surface area contributed by atoms with Gasteiger partial charge in [-0.2, -0.15) is 0 Å². The number of benzene rings is 1. The number of piperazine rings is 1. The second-order valence-corrected chi connectivity index (χ2v) is 7.04. The third-order valence-electron chi connectivity index (χ3n) is 4.62. The fourth-order valence-electron chi connectivity index (χ4n) is 3.24. The average molecular weight is 383 g/mol. The molecule has 148 valence electrons. The monoisotopic (exact) mass is 383 g/mol. The van der Waals surface area contributed by atoms with E-state index < -0.39 is 0 Å². The van der Waals surface area contributed by atoms with E-state index in [9.17, 15) is 14.4 Å². The molecule has 0 bridgehead atoms. The number of carbonyl (C=O) groups excluding carboxylic acids is 2. The van der Waals surface area contributed by atoms with Gasteiger partial charge in [0.1, 0.15) is 12.4 Å². The summed E-state index contributed by atoms with van der Waals surface area (Å²) in [6.07, 6.45) is 0.421. The van der Waals surface area contributed by atoms with Crippen LogP contribution in [-0.2, 0) is 17.8 Å². The van der Waals surface area contributed by atoms with Crippen LogP contribution in [0.2, 0.25) is 0 Å². The summed E-state index contributed by atoms with van der Waals surface area (Å²) in [6, 6.07) is 9.21. The minimum atomic E-state index is -0.279. The Kier molecular flexibility index (Phi) is 6.08. The summed E-state index contributed by atoms with van der Waals surface area (Å²) in [5, 5.41) is 2.79. The Hall–Kier alpha value is -3.16. The van der Waals surface area contributed by atoms with Crippen LogP contribution in [0, 0.1) is 13.8 Å². The van der Waals surface area contributed by atoms with Crippen LogP contribution in [0.5, 0.6) is 0 Å². The highest BCUT2D eigenvalue weighted by Gasteiger charge is 2.26. The maximum atomic E-state index is 12.4. The standard InChI is InChI=1S/C20H25N5O3/c1-14-4-3-5-16(10-14)12-24-8-9-25(13-19(24)27)20(28)21-7-6-17-22-15(2)11-18(26)23-17/h3-5,10-11H,6-9,12-13H2,1-2H3,(H,21,28)(H,22,23,26). The number of aromatic amines is 1. The van der Waals surface area contributed by atoms with E-state index in [0.29, 0.717) is 44.1 Å². The van der Waals surface area contributed by atoms with Crippen molar-refractivity contribution in [3.63, 3.8) is 0 Å². The van der Waals surface area contributed by atoms with Crippen LogP contribution in [0.3, 0.4) is 0 Å². The Bertz CT molecular complexity index is 924. The van der Waals surface area contributed by atoms with E-state index in [1.807, 2.05) is 25.1 Å². The normalized spacial score (nSPS) is 14.3. The van der Waals surface area contributed by atoms with Gasteiger partial charge in [0.2, 0.25) is 5.91 Å². The topological polar surface area (TPSA) is 98.4 Å². The zero-order valence-corrected chi connectivity index (χ0v) is 16.2. The molecular formula is C20H25N5O3. The number of rotatable bonds is 5. The van der Waals surface area contributed by atoms with Crippen molar-refractivity contribution in [3.05, 3.63) is 63.3 Å². The molecule has 1 aromatic carbocycles. The van der Waals surface area contributed by atoms with Crippen molar-refractivity contribution in [3.8, 4) is 0 Å². The van der Waals surface area contributed by atoms with E-state index in [4.69, 9.17) is 0 Å². The molecule has 8 nitrogen and oxygen atoms in total. The molecule has 2 aromatic rings. The van der Waals surface area contributed by atoms with E-state index in [1.165, 1.54) is 11.0 Å². The van der Waals surface area contributed by atoms with E-state index in [0.717, 1.165) is 11.1 Å². The molecule has 1 saturated heterocycles. The van der Waals surface area contributed by atoms with Crippen molar-refractivity contribution >= 4 is 11.9 Å². The Balaban J connectivity index is 1.47. The molecule has 1 aliphatic rings. The highest BCUT2D eigenvalue weighted by molar-refractivity contribution is 5.85. The Labute approximate surface area is 163 Å². The lowest BCUT2D eigenvalue weighted by Crippen LogP contribution is -2.54. The fourth-order valence-corrected chi connectivity index (χ4v) is 3.24. The minimum absolute atomic E-state index is 0.0624. The number of hydrogen-bond acceptors (Lipinski definition) is 4. The second kappa shape index (κ2) is 8.69. The third-order valence-corrected chi connectivity index (χ3v) is 4.62. The Morgan fingerprint density at radius 3 is 2.75 bits per heavy atom. The number of nitrogens with zero attached hydrogens (tertiary/aromatic N) is 3. The zero-order valence-electron chi connectivity index (χ0n) is 16.2. The lowest BCUT2D eigenvalue weighted by molar-refractivity contribution is -0.135. The van der Waals surface area contributed by atoms with Gasteiger partial charge < -0.3 is 20.1 Å². The molecule has 0 atom stereocenters. The predicted molar refractivity (Wildman–Crippen MR) is 105 cm³/mol. The van der Waals surface area contributed by atoms with Gasteiger partial charge in [-0.25, -0.2) is 9.78 Å². The molecule has 1 aliphatic heterocycles. The van der Waals surface area contributed by atoms with Crippen LogP contribution in [-0.4, -0.2) is 57.9 Å². The fraction of sp³-hybridized carbons (Fsp3) is 0.400. The van der Waals surface area contributed by atoms with Crippen molar-refractivity contribution < 1.29 is 9.59 Å². The summed E-state index contributed by atoms with van der Waals surface area (Å²) >= 11 is 0. The molecule has 0 unspecified atom stereocenters. The molecule has 2 N–H and O–H groups in total. The summed E-state index contributed by atoms with van der Waals surface area (Å²) < 4.78 is 0. The summed E-state index contributed by atoms with van der Waals surface area (Å²) in [5.41, 5.74) is 2.68. The van der Waals surface area contributed by atoms with E-state index in [-0.39, 0.29) is 24.0 Å². The number of urea groups is 1. The summed E-state index contributed by atoms with van der Waals surface area (Å²) in [4.78, 5) is 46.4. The first-order chi connectivity index (χ1) is 13.4. The number of carbonyl (C=O) groups is 2. The van der Waals surface area contributed by atoms with Crippen LogP contribution < -0.4 is 10.9 Å². The third kappa shape index (κ3) is 5.18. The number of H-pyrrole nitrogens is 1. The molecule has 3 amide bonds. The highest BCUT2D eigenvalue weighted by atomic mass is 16.2. The second-order valence-electron chi connectivity index (χ2n) is 7.04. The van der Waals surface area contributed by atoms with Gasteiger partial charge in [-0.15, -0.1) is 0 Å². The zero-order chi connectivity index (χ0) is 20.1. The molecule has 8 heteroatoms. The maximum absolute atomic E-state index is 12.4. The molecule has 3 rings (SSSR count). The largest absolute Gasteiger partial charge is 0.338 e. The number of amides is 3. The van der Waals surface area contributed by atoms with Gasteiger partial charge in [0, 0.05) is 44.4 Å². The number of nitrogens with one attached hydrogen (secondary N) is 2. The van der Waals surface area contributed by atoms with Gasteiger partial charge >= 0.3 is 6.03 Å². The van der Waals surface area contributed by atoms with Crippen molar-refractivity contribution in [2.45, 2.75) is 26.8 Å². The van der Waals surface area contributed by atoms with Gasteiger partial charge in [0.25, 0.3) is 5.56 Å². The number of hydrogen-bond donors (Lipinski definition) is 2.